The maximum absolute atomic E-state index is 4.81. The predicted molar refractivity (Wildman–Crippen MR) is 159 cm³/mol. The lowest BCUT2D eigenvalue weighted by Crippen LogP contribution is -2.09. The largest absolute Gasteiger partial charge is 0.310 e. The minimum Gasteiger partial charge on any atom is -0.310 e. The minimum absolute atomic E-state index is 0.910. The Labute approximate surface area is 221 Å². The van der Waals surface area contributed by atoms with Crippen molar-refractivity contribution in [2.75, 3.05) is 4.90 Å². The average molecular weight is 488 g/mol. The summed E-state index contributed by atoms with van der Waals surface area (Å²) >= 11 is 0. The number of aromatic nitrogens is 2. The number of hydrogen-bond donors (Lipinski definition) is 0. The van der Waals surface area contributed by atoms with Crippen LogP contribution in [0.2, 0.25) is 0 Å². The summed E-state index contributed by atoms with van der Waals surface area (Å²) in [6.07, 6.45) is 1.90. The first kappa shape index (κ1) is 22.1. The van der Waals surface area contributed by atoms with Crippen LogP contribution in [0.5, 0.6) is 0 Å². The van der Waals surface area contributed by atoms with E-state index in [1.807, 2.05) is 12.3 Å². The second-order valence-electron chi connectivity index (χ2n) is 9.33. The average Bonchev–Trinajstić information content (AvgIpc) is 3.33. The zero-order valence-corrected chi connectivity index (χ0v) is 20.8. The van der Waals surface area contributed by atoms with Crippen molar-refractivity contribution in [2.24, 2.45) is 0 Å². The quantitative estimate of drug-likeness (QED) is 0.241. The Morgan fingerprint density at radius 2 is 1.05 bits per heavy atom. The van der Waals surface area contributed by atoms with Gasteiger partial charge in [-0.3, -0.25) is 4.57 Å². The monoisotopic (exact) mass is 487 g/mol. The number of nitrogens with zero attached hydrogens (tertiary/aromatic N) is 3. The van der Waals surface area contributed by atoms with E-state index in [1.165, 1.54) is 16.3 Å². The number of benzene rings is 5. The third-order valence-electron chi connectivity index (χ3n) is 7.02. The Bertz CT molecular complexity index is 1820. The summed E-state index contributed by atoms with van der Waals surface area (Å²) in [5.41, 5.74) is 7.97. The molecule has 38 heavy (non-hydrogen) atoms. The predicted octanol–water partition coefficient (Wildman–Crippen LogP) is 9.32. The van der Waals surface area contributed by atoms with Crippen LogP contribution in [0.25, 0.3) is 38.8 Å². The topological polar surface area (TPSA) is 21.1 Å². The van der Waals surface area contributed by atoms with Crippen LogP contribution in [0.15, 0.2) is 152 Å². The first-order chi connectivity index (χ1) is 18.9. The molecule has 7 aromatic rings. The van der Waals surface area contributed by atoms with Crippen LogP contribution in [0.3, 0.4) is 0 Å². The van der Waals surface area contributed by atoms with Crippen LogP contribution < -0.4 is 4.90 Å². The molecule has 0 fully saturated rings. The van der Waals surface area contributed by atoms with Gasteiger partial charge in [-0.1, -0.05) is 84.9 Å². The number of para-hydroxylation sites is 3. The third kappa shape index (κ3) is 3.82. The summed E-state index contributed by atoms with van der Waals surface area (Å²) in [6.45, 7) is 0. The first-order valence-electron chi connectivity index (χ1n) is 12.8. The molecule has 2 aromatic heterocycles. The highest BCUT2D eigenvalue weighted by atomic mass is 15.1. The van der Waals surface area contributed by atoms with E-state index >= 15 is 0 Å². The van der Waals surface area contributed by atoms with Crippen molar-refractivity contribution in [1.82, 2.24) is 9.55 Å². The van der Waals surface area contributed by atoms with Gasteiger partial charge in [0.05, 0.1) is 11.0 Å². The summed E-state index contributed by atoms with van der Waals surface area (Å²) in [5, 5.41) is 2.40. The summed E-state index contributed by atoms with van der Waals surface area (Å²) in [5.74, 6) is 0.910. The molecule has 0 unspecified atom stereocenters. The molecule has 0 saturated carbocycles. The molecular weight excluding hydrogens is 462 g/mol. The molecule has 2 heterocycles. The molecule has 0 atom stereocenters. The minimum atomic E-state index is 0.910. The van der Waals surface area contributed by atoms with Crippen LogP contribution in [0, 0.1) is 0 Å². The van der Waals surface area contributed by atoms with Gasteiger partial charge in [0.15, 0.2) is 0 Å². The van der Waals surface area contributed by atoms with Gasteiger partial charge < -0.3 is 4.90 Å². The number of hydrogen-bond acceptors (Lipinski definition) is 2. The molecule has 0 aliphatic rings. The molecule has 0 saturated heterocycles. The Kier molecular flexibility index (Phi) is 5.45. The highest BCUT2D eigenvalue weighted by molar-refractivity contribution is 6.10. The van der Waals surface area contributed by atoms with Crippen molar-refractivity contribution in [2.45, 2.75) is 0 Å². The van der Waals surface area contributed by atoms with Gasteiger partial charge in [-0.2, -0.15) is 0 Å². The molecule has 7 rings (SSSR count). The van der Waals surface area contributed by atoms with Gasteiger partial charge in [-0.15, -0.1) is 0 Å². The van der Waals surface area contributed by atoms with Crippen LogP contribution in [-0.2, 0) is 0 Å². The normalized spacial score (nSPS) is 11.2. The van der Waals surface area contributed by atoms with Crippen molar-refractivity contribution in [3.63, 3.8) is 0 Å². The van der Waals surface area contributed by atoms with Crippen LogP contribution in [-0.4, -0.2) is 9.55 Å². The van der Waals surface area contributed by atoms with Crippen molar-refractivity contribution < 1.29 is 0 Å². The van der Waals surface area contributed by atoms with Crippen LogP contribution in [0.1, 0.15) is 0 Å². The Balaban J connectivity index is 1.44. The molecule has 0 aliphatic heterocycles. The van der Waals surface area contributed by atoms with Gasteiger partial charge in [0.2, 0.25) is 0 Å². The molecule has 0 bridgehead atoms. The molecule has 180 valence electrons. The fraction of sp³-hybridized carbons (Fsp3) is 0. The smallest absolute Gasteiger partial charge is 0.138 e. The van der Waals surface area contributed by atoms with Gasteiger partial charge in [-0.05, 0) is 71.8 Å². The lowest BCUT2D eigenvalue weighted by atomic mass is 10.1. The van der Waals surface area contributed by atoms with E-state index < -0.39 is 0 Å². The molecule has 0 spiro atoms. The fourth-order valence-corrected chi connectivity index (χ4v) is 5.30. The number of fused-ring (bicyclic) bond motifs is 3. The standard InChI is InChI=1S/C35H25N3/c1-4-12-26(13-5-1)27-22-23-36-35(24-27)38-33-19-11-10-18-31(33)32-25-30(20-21-34(32)38)37(28-14-6-2-7-15-28)29-16-8-3-9-17-29/h1-25H. The molecule has 0 radical (unpaired) electrons. The molecule has 3 heteroatoms. The first-order valence-corrected chi connectivity index (χ1v) is 12.8. The van der Waals surface area contributed by atoms with Gasteiger partial charge in [0, 0.05) is 34.0 Å². The zero-order valence-electron chi connectivity index (χ0n) is 20.8. The molecule has 5 aromatic carbocycles. The number of rotatable bonds is 5. The summed E-state index contributed by atoms with van der Waals surface area (Å²) in [7, 11) is 0. The lowest BCUT2D eigenvalue weighted by Gasteiger charge is -2.25. The maximum Gasteiger partial charge on any atom is 0.138 e. The molecule has 0 amide bonds. The zero-order chi connectivity index (χ0) is 25.3. The van der Waals surface area contributed by atoms with E-state index in [0.29, 0.717) is 0 Å². The van der Waals surface area contributed by atoms with E-state index in [9.17, 15) is 0 Å². The highest BCUT2D eigenvalue weighted by Crippen LogP contribution is 2.39. The Morgan fingerprint density at radius 3 is 1.76 bits per heavy atom. The lowest BCUT2D eigenvalue weighted by molar-refractivity contribution is 1.08. The van der Waals surface area contributed by atoms with Gasteiger partial charge >= 0.3 is 0 Å². The molecule has 0 aliphatic carbocycles. The molecular formula is C35H25N3. The van der Waals surface area contributed by atoms with Crippen molar-refractivity contribution >= 4 is 38.9 Å². The number of pyridine rings is 1. The third-order valence-corrected chi connectivity index (χ3v) is 7.02. The molecule has 3 nitrogen and oxygen atoms in total. The van der Waals surface area contributed by atoms with Gasteiger partial charge in [0.1, 0.15) is 5.82 Å². The van der Waals surface area contributed by atoms with E-state index in [-0.39, 0.29) is 0 Å². The van der Waals surface area contributed by atoms with Gasteiger partial charge in [-0.25, -0.2) is 4.98 Å². The SMILES string of the molecule is c1ccc(-c2ccnc(-n3c4ccccc4c4cc(N(c5ccccc5)c5ccccc5)ccc43)c2)cc1. The van der Waals surface area contributed by atoms with Crippen molar-refractivity contribution in [3.8, 4) is 16.9 Å². The summed E-state index contributed by atoms with van der Waals surface area (Å²) in [4.78, 5) is 7.12. The number of anilines is 3. The van der Waals surface area contributed by atoms with Crippen LogP contribution in [0.4, 0.5) is 17.1 Å². The highest BCUT2D eigenvalue weighted by Gasteiger charge is 2.17. The summed E-state index contributed by atoms with van der Waals surface area (Å²) < 4.78 is 2.27. The fourth-order valence-electron chi connectivity index (χ4n) is 5.30. The Morgan fingerprint density at radius 1 is 0.447 bits per heavy atom. The second-order valence-corrected chi connectivity index (χ2v) is 9.33. The van der Waals surface area contributed by atoms with E-state index in [1.54, 1.807) is 0 Å². The maximum atomic E-state index is 4.81. The van der Waals surface area contributed by atoms with Gasteiger partial charge in [0.25, 0.3) is 0 Å². The van der Waals surface area contributed by atoms with Crippen molar-refractivity contribution in [3.05, 3.63) is 152 Å². The second kappa shape index (κ2) is 9.38. The molecule has 0 N–H and O–H groups in total. The van der Waals surface area contributed by atoms with E-state index in [2.05, 4.69) is 149 Å². The van der Waals surface area contributed by atoms with Crippen molar-refractivity contribution in [1.29, 1.82) is 0 Å². The van der Waals surface area contributed by atoms with E-state index in [0.717, 1.165) is 39.5 Å². The van der Waals surface area contributed by atoms with E-state index in [4.69, 9.17) is 4.98 Å². The van der Waals surface area contributed by atoms with Crippen LogP contribution >= 0.6 is 0 Å². The Hall–Kier alpha value is -5.15. The summed E-state index contributed by atoms with van der Waals surface area (Å²) in [6, 6.07) is 51.1.